The second-order valence-corrected chi connectivity index (χ2v) is 4.75. The standard InChI is InChI=1S/C11H23NO3/c1-9(2)11(3,15)8-12(4)7-5-6-10(13)14/h9,15H,5-8H2,1-4H3,(H,13,14). The van der Waals surface area contributed by atoms with Crippen molar-refractivity contribution < 1.29 is 15.0 Å². The lowest BCUT2D eigenvalue weighted by molar-refractivity contribution is -0.137. The van der Waals surface area contributed by atoms with Gasteiger partial charge in [0.25, 0.3) is 0 Å². The lowest BCUT2D eigenvalue weighted by atomic mass is 9.92. The zero-order chi connectivity index (χ0) is 12.1. The van der Waals surface area contributed by atoms with E-state index in [1.165, 1.54) is 0 Å². The van der Waals surface area contributed by atoms with Gasteiger partial charge in [-0.3, -0.25) is 4.79 Å². The Bertz CT molecular complexity index is 202. The minimum absolute atomic E-state index is 0.189. The highest BCUT2D eigenvalue weighted by Crippen LogP contribution is 2.16. The molecule has 0 bridgehead atoms. The largest absolute Gasteiger partial charge is 0.481 e. The molecule has 0 aromatic heterocycles. The van der Waals surface area contributed by atoms with Crippen LogP contribution in [0.2, 0.25) is 0 Å². The summed E-state index contributed by atoms with van der Waals surface area (Å²) < 4.78 is 0. The number of hydrogen-bond acceptors (Lipinski definition) is 3. The predicted molar refractivity (Wildman–Crippen MR) is 59.8 cm³/mol. The predicted octanol–water partition coefficient (Wildman–Crippen LogP) is 1.19. The van der Waals surface area contributed by atoms with Gasteiger partial charge in [-0.15, -0.1) is 0 Å². The molecule has 90 valence electrons. The van der Waals surface area contributed by atoms with Crippen LogP contribution in [0.1, 0.15) is 33.6 Å². The summed E-state index contributed by atoms with van der Waals surface area (Å²) in [5, 5.41) is 18.5. The Morgan fingerprint density at radius 2 is 2.00 bits per heavy atom. The highest BCUT2D eigenvalue weighted by molar-refractivity contribution is 5.66. The molecule has 1 atom stereocenters. The lowest BCUT2D eigenvalue weighted by Crippen LogP contribution is -2.43. The first-order chi connectivity index (χ1) is 6.75. The fourth-order valence-corrected chi connectivity index (χ4v) is 1.31. The number of hydrogen-bond donors (Lipinski definition) is 2. The summed E-state index contributed by atoms with van der Waals surface area (Å²) in [6.07, 6.45) is 0.814. The molecular weight excluding hydrogens is 194 g/mol. The van der Waals surface area contributed by atoms with E-state index in [0.717, 1.165) is 0 Å². The summed E-state index contributed by atoms with van der Waals surface area (Å²) in [6.45, 7) is 7.04. The Kier molecular flexibility index (Phi) is 5.83. The molecule has 4 nitrogen and oxygen atoms in total. The molecule has 0 aliphatic rings. The maximum atomic E-state index is 10.3. The normalized spacial score (nSPS) is 15.7. The van der Waals surface area contributed by atoms with Crippen LogP contribution in [0.5, 0.6) is 0 Å². The van der Waals surface area contributed by atoms with Gasteiger partial charge in [-0.05, 0) is 32.9 Å². The van der Waals surface area contributed by atoms with E-state index in [1.54, 1.807) is 0 Å². The van der Waals surface area contributed by atoms with Crippen LogP contribution in [-0.4, -0.2) is 46.8 Å². The maximum Gasteiger partial charge on any atom is 0.303 e. The molecule has 0 saturated heterocycles. The third-order valence-electron chi connectivity index (χ3n) is 2.76. The highest BCUT2D eigenvalue weighted by Gasteiger charge is 2.26. The maximum absolute atomic E-state index is 10.3. The van der Waals surface area contributed by atoms with Crippen LogP contribution in [0.4, 0.5) is 0 Å². The van der Waals surface area contributed by atoms with Crippen LogP contribution >= 0.6 is 0 Å². The first-order valence-corrected chi connectivity index (χ1v) is 5.38. The molecule has 2 N–H and O–H groups in total. The summed E-state index contributed by atoms with van der Waals surface area (Å²) in [5.41, 5.74) is -0.710. The van der Waals surface area contributed by atoms with E-state index in [0.29, 0.717) is 19.5 Å². The third kappa shape index (κ3) is 6.47. The second kappa shape index (κ2) is 6.08. The number of nitrogens with zero attached hydrogens (tertiary/aromatic N) is 1. The number of carboxylic acid groups (broad SMARTS) is 1. The van der Waals surface area contributed by atoms with Gasteiger partial charge < -0.3 is 15.1 Å². The van der Waals surface area contributed by atoms with Crippen molar-refractivity contribution in [3.63, 3.8) is 0 Å². The van der Waals surface area contributed by atoms with Crippen molar-refractivity contribution in [2.75, 3.05) is 20.1 Å². The topological polar surface area (TPSA) is 60.8 Å². The Hall–Kier alpha value is -0.610. The summed E-state index contributed by atoms with van der Waals surface area (Å²) in [4.78, 5) is 12.3. The molecule has 0 aromatic rings. The van der Waals surface area contributed by atoms with Crippen LogP contribution in [0, 0.1) is 5.92 Å². The number of aliphatic carboxylic acids is 1. The van der Waals surface area contributed by atoms with Gasteiger partial charge in [-0.25, -0.2) is 0 Å². The van der Waals surface area contributed by atoms with Gasteiger partial charge in [0, 0.05) is 13.0 Å². The molecule has 0 saturated carbocycles. The molecule has 1 unspecified atom stereocenters. The number of carbonyl (C=O) groups is 1. The smallest absolute Gasteiger partial charge is 0.303 e. The molecule has 0 aliphatic heterocycles. The highest BCUT2D eigenvalue weighted by atomic mass is 16.4. The number of aliphatic hydroxyl groups is 1. The SMILES string of the molecule is CC(C)C(C)(O)CN(C)CCCC(=O)O. The molecule has 0 aromatic carbocycles. The number of carboxylic acids is 1. The van der Waals surface area contributed by atoms with E-state index in [1.807, 2.05) is 32.7 Å². The van der Waals surface area contributed by atoms with Crippen LogP contribution in [0.15, 0.2) is 0 Å². The first-order valence-electron chi connectivity index (χ1n) is 5.38. The summed E-state index contributed by atoms with van der Waals surface area (Å²) in [7, 11) is 1.90. The Morgan fingerprint density at radius 3 is 2.40 bits per heavy atom. The van der Waals surface area contributed by atoms with Gasteiger partial charge in [0.15, 0.2) is 0 Å². The monoisotopic (exact) mass is 217 g/mol. The van der Waals surface area contributed by atoms with Gasteiger partial charge in [-0.1, -0.05) is 13.8 Å². The van der Waals surface area contributed by atoms with Crippen molar-refractivity contribution in [2.45, 2.75) is 39.2 Å². The van der Waals surface area contributed by atoms with Crippen LogP contribution in [0.25, 0.3) is 0 Å². The minimum Gasteiger partial charge on any atom is -0.481 e. The molecule has 4 heteroatoms. The van der Waals surface area contributed by atoms with E-state index < -0.39 is 11.6 Å². The fraction of sp³-hybridized carbons (Fsp3) is 0.909. The summed E-state index contributed by atoms with van der Waals surface area (Å²) >= 11 is 0. The number of rotatable bonds is 7. The van der Waals surface area contributed by atoms with Crippen molar-refractivity contribution in [1.29, 1.82) is 0 Å². The van der Waals surface area contributed by atoms with Crippen molar-refractivity contribution in [3.05, 3.63) is 0 Å². The van der Waals surface area contributed by atoms with E-state index in [4.69, 9.17) is 5.11 Å². The average molecular weight is 217 g/mol. The van der Waals surface area contributed by atoms with Crippen molar-refractivity contribution >= 4 is 5.97 Å². The Balaban J connectivity index is 3.82. The van der Waals surface area contributed by atoms with Gasteiger partial charge in [0.05, 0.1) is 5.60 Å². The molecule has 0 rings (SSSR count). The Morgan fingerprint density at radius 1 is 1.47 bits per heavy atom. The van der Waals surface area contributed by atoms with Gasteiger partial charge in [-0.2, -0.15) is 0 Å². The van der Waals surface area contributed by atoms with Gasteiger partial charge in [0.2, 0.25) is 0 Å². The lowest BCUT2D eigenvalue weighted by Gasteiger charge is -2.32. The molecular formula is C11H23NO3. The molecule has 0 radical (unpaired) electrons. The van der Waals surface area contributed by atoms with Crippen LogP contribution in [0.3, 0.4) is 0 Å². The van der Waals surface area contributed by atoms with Crippen molar-refractivity contribution in [3.8, 4) is 0 Å². The fourth-order valence-electron chi connectivity index (χ4n) is 1.31. The molecule has 15 heavy (non-hydrogen) atoms. The second-order valence-electron chi connectivity index (χ2n) is 4.75. The van der Waals surface area contributed by atoms with E-state index in [9.17, 15) is 9.90 Å². The van der Waals surface area contributed by atoms with E-state index in [2.05, 4.69) is 0 Å². The summed E-state index contributed by atoms with van der Waals surface area (Å²) in [5.74, 6) is -0.571. The Labute approximate surface area is 91.9 Å². The van der Waals surface area contributed by atoms with E-state index in [-0.39, 0.29) is 12.3 Å². The average Bonchev–Trinajstić information content (AvgIpc) is 2.01. The van der Waals surface area contributed by atoms with Crippen molar-refractivity contribution in [2.24, 2.45) is 5.92 Å². The van der Waals surface area contributed by atoms with Crippen molar-refractivity contribution in [1.82, 2.24) is 4.90 Å². The minimum atomic E-state index is -0.765. The summed E-state index contributed by atoms with van der Waals surface area (Å²) in [6, 6.07) is 0. The third-order valence-corrected chi connectivity index (χ3v) is 2.76. The molecule has 0 amide bonds. The molecule has 0 aliphatic carbocycles. The molecule has 0 spiro atoms. The van der Waals surface area contributed by atoms with Gasteiger partial charge >= 0.3 is 5.97 Å². The van der Waals surface area contributed by atoms with E-state index >= 15 is 0 Å². The number of likely N-dealkylation sites (N-methyl/N-ethyl adjacent to an activating group) is 1. The van der Waals surface area contributed by atoms with Crippen LogP contribution < -0.4 is 0 Å². The molecule has 0 fully saturated rings. The zero-order valence-electron chi connectivity index (χ0n) is 10.2. The zero-order valence-corrected chi connectivity index (χ0v) is 10.2. The van der Waals surface area contributed by atoms with Crippen LogP contribution in [-0.2, 0) is 4.79 Å². The first kappa shape index (κ1) is 14.4. The molecule has 0 heterocycles. The quantitative estimate of drug-likeness (QED) is 0.672. The van der Waals surface area contributed by atoms with Gasteiger partial charge in [0.1, 0.15) is 0 Å².